The van der Waals surface area contributed by atoms with Crippen molar-refractivity contribution in [3.8, 4) is 5.69 Å². The molecule has 0 fully saturated rings. The molecule has 0 aliphatic heterocycles. The quantitative estimate of drug-likeness (QED) is 0.764. The van der Waals surface area contributed by atoms with Crippen molar-refractivity contribution in [2.24, 2.45) is 0 Å². The third-order valence-electron chi connectivity index (χ3n) is 3.91. The number of ether oxygens (including phenoxy) is 1. The number of esters is 1. The van der Waals surface area contributed by atoms with Gasteiger partial charge in [-0.15, -0.1) is 0 Å². The van der Waals surface area contributed by atoms with Crippen LogP contribution in [0.4, 0.5) is 0 Å². The molecule has 0 aliphatic carbocycles. The summed E-state index contributed by atoms with van der Waals surface area (Å²) in [6, 6.07) is 9.63. The molecule has 0 radical (unpaired) electrons. The monoisotopic (exact) mass is 329 g/mol. The smallest absolute Gasteiger partial charge is 0.307 e. The average Bonchev–Trinajstić information content (AvgIpc) is 2.96. The van der Waals surface area contributed by atoms with E-state index in [1.807, 2.05) is 51.1 Å². The molecule has 128 valence electrons. The number of benzene rings is 1. The summed E-state index contributed by atoms with van der Waals surface area (Å²) in [5.74, 6) is -0.460. The Morgan fingerprint density at radius 1 is 1.25 bits per heavy atom. The Kier molecular flexibility index (Phi) is 5.73. The zero-order chi connectivity index (χ0) is 17.7. The van der Waals surface area contributed by atoms with Crippen LogP contribution in [0, 0.1) is 6.92 Å². The Bertz CT molecular complexity index is 708. The van der Waals surface area contributed by atoms with Gasteiger partial charge in [0.05, 0.1) is 36.7 Å². The first-order valence-electron chi connectivity index (χ1n) is 7.93. The van der Waals surface area contributed by atoms with Crippen molar-refractivity contribution in [3.63, 3.8) is 0 Å². The van der Waals surface area contributed by atoms with E-state index in [0.29, 0.717) is 12.1 Å². The summed E-state index contributed by atoms with van der Waals surface area (Å²) in [4.78, 5) is 25.9. The van der Waals surface area contributed by atoms with Gasteiger partial charge in [0.1, 0.15) is 0 Å². The van der Waals surface area contributed by atoms with Crippen molar-refractivity contribution in [1.29, 1.82) is 0 Å². The first-order chi connectivity index (χ1) is 11.5. The molecule has 2 rings (SSSR count). The van der Waals surface area contributed by atoms with Crippen LogP contribution in [0.5, 0.6) is 0 Å². The third kappa shape index (κ3) is 3.82. The first kappa shape index (κ1) is 17.7. The normalized spacial score (nSPS) is 10.7. The van der Waals surface area contributed by atoms with Gasteiger partial charge in [0, 0.05) is 12.6 Å². The minimum Gasteiger partial charge on any atom is -0.469 e. The molecular weight excluding hydrogens is 306 g/mol. The number of methoxy groups -OCH3 is 1. The van der Waals surface area contributed by atoms with Crippen molar-refractivity contribution in [2.75, 3.05) is 13.7 Å². The van der Waals surface area contributed by atoms with Gasteiger partial charge in [-0.2, -0.15) is 5.10 Å². The van der Waals surface area contributed by atoms with Crippen LogP contribution in [0.25, 0.3) is 5.69 Å². The number of carbonyl (C=O) groups excluding carboxylic acids is 2. The second-order valence-corrected chi connectivity index (χ2v) is 5.81. The van der Waals surface area contributed by atoms with Gasteiger partial charge in [-0.25, -0.2) is 4.68 Å². The Hall–Kier alpha value is -2.63. The zero-order valence-corrected chi connectivity index (χ0v) is 14.5. The van der Waals surface area contributed by atoms with Crippen LogP contribution in [-0.2, 0) is 9.53 Å². The summed E-state index contributed by atoms with van der Waals surface area (Å²) >= 11 is 0. The van der Waals surface area contributed by atoms with Crippen LogP contribution < -0.4 is 0 Å². The SMILES string of the molecule is COC(=O)CCN(C(=O)c1cnn(-c2ccccc2)c1C)C(C)C. The summed E-state index contributed by atoms with van der Waals surface area (Å²) in [6.45, 7) is 6.03. The highest BCUT2D eigenvalue weighted by Gasteiger charge is 2.23. The summed E-state index contributed by atoms with van der Waals surface area (Å²) < 4.78 is 6.40. The molecule has 1 aromatic carbocycles. The Morgan fingerprint density at radius 2 is 1.92 bits per heavy atom. The van der Waals surface area contributed by atoms with Crippen LogP contribution in [0.2, 0.25) is 0 Å². The van der Waals surface area contributed by atoms with E-state index >= 15 is 0 Å². The second kappa shape index (κ2) is 7.77. The van der Waals surface area contributed by atoms with Gasteiger partial charge in [-0.1, -0.05) is 18.2 Å². The number of hydrogen-bond acceptors (Lipinski definition) is 4. The molecule has 0 unspecified atom stereocenters. The molecule has 6 nitrogen and oxygen atoms in total. The van der Waals surface area contributed by atoms with E-state index in [1.165, 1.54) is 7.11 Å². The van der Waals surface area contributed by atoms with Gasteiger partial charge >= 0.3 is 5.97 Å². The summed E-state index contributed by atoms with van der Waals surface area (Å²) in [5.41, 5.74) is 2.21. The van der Waals surface area contributed by atoms with E-state index in [1.54, 1.807) is 15.8 Å². The lowest BCUT2D eigenvalue weighted by atomic mass is 10.2. The van der Waals surface area contributed by atoms with Crippen LogP contribution >= 0.6 is 0 Å². The van der Waals surface area contributed by atoms with Crippen molar-refractivity contribution >= 4 is 11.9 Å². The van der Waals surface area contributed by atoms with Crippen LogP contribution in [0.1, 0.15) is 36.3 Å². The number of aromatic nitrogens is 2. The minimum absolute atomic E-state index is 0.0263. The van der Waals surface area contributed by atoms with Crippen LogP contribution in [0.3, 0.4) is 0 Å². The summed E-state index contributed by atoms with van der Waals surface area (Å²) in [6.07, 6.45) is 1.75. The molecule has 1 aromatic heterocycles. The van der Waals surface area contributed by atoms with Crippen LogP contribution in [0.15, 0.2) is 36.5 Å². The van der Waals surface area contributed by atoms with Gasteiger partial charge in [-0.3, -0.25) is 9.59 Å². The number of hydrogen-bond donors (Lipinski definition) is 0. The fourth-order valence-corrected chi connectivity index (χ4v) is 2.51. The summed E-state index contributed by atoms with van der Waals surface area (Å²) in [5, 5.41) is 4.34. The molecular formula is C18H23N3O3. The fraction of sp³-hybridized carbons (Fsp3) is 0.389. The average molecular weight is 329 g/mol. The lowest BCUT2D eigenvalue weighted by molar-refractivity contribution is -0.140. The lowest BCUT2D eigenvalue weighted by Crippen LogP contribution is -2.38. The molecule has 0 saturated heterocycles. The van der Waals surface area contributed by atoms with Gasteiger partial charge in [0.2, 0.25) is 0 Å². The number of para-hydroxylation sites is 1. The highest BCUT2D eigenvalue weighted by atomic mass is 16.5. The molecule has 0 atom stereocenters. The zero-order valence-electron chi connectivity index (χ0n) is 14.5. The van der Waals surface area contributed by atoms with Crippen molar-refractivity contribution < 1.29 is 14.3 Å². The molecule has 2 aromatic rings. The largest absolute Gasteiger partial charge is 0.469 e. The van der Waals surface area contributed by atoms with Crippen LogP contribution in [-0.4, -0.2) is 46.3 Å². The van der Waals surface area contributed by atoms with Gasteiger partial charge in [0.25, 0.3) is 5.91 Å². The number of nitrogens with zero attached hydrogens (tertiary/aromatic N) is 3. The van der Waals surface area contributed by atoms with E-state index in [4.69, 9.17) is 0 Å². The van der Waals surface area contributed by atoms with Gasteiger partial charge < -0.3 is 9.64 Å². The Morgan fingerprint density at radius 3 is 2.50 bits per heavy atom. The molecule has 24 heavy (non-hydrogen) atoms. The highest BCUT2D eigenvalue weighted by Crippen LogP contribution is 2.17. The van der Waals surface area contributed by atoms with E-state index in [0.717, 1.165) is 11.4 Å². The molecule has 6 heteroatoms. The van der Waals surface area contributed by atoms with Crippen molar-refractivity contribution in [3.05, 3.63) is 47.8 Å². The van der Waals surface area contributed by atoms with E-state index in [-0.39, 0.29) is 24.3 Å². The molecule has 0 spiro atoms. The molecule has 1 amide bonds. The number of amides is 1. The Labute approximate surface area is 142 Å². The van der Waals surface area contributed by atoms with Gasteiger partial charge in [-0.05, 0) is 32.9 Å². The van der Waals surface area contributed by atoms with E-state index < -0.39 is 0 Å². The third-order valence-corrected chi connectivity index (χ3v) is 3.91. The molecule has 0 aliphatic rings. The first-order valence-corrected chi connectivity index (χ1v) is 7.93. The van der Waals surface area contributed by atoms with Crippen molar-refractivity contribution in [1.82, 2.24) is 14.7 Å². The fourth-order valence-electron chi connectivity index (χ4n) is 2.51. The maximum absolute atomic E-state index is 12.9. The predicted molar refractivity (Wildman–Crippen MR) is 91.1 cm³/mol. The maximum atomic E-state index is 12.9. The standard InChI is InChI=1S/C18H23N3O3/c1-13(2)20(11-10-17(22)24-4)18(23)16-12-19-21(14(16)3)15-8-6-5-7-9-15/h5-9,12-13H,10-11H2,1-4H3. The number of rotatable bonds is 6. The predicted octanol–water partition coefficient (Wildman–Crippen LogP) is 2.59. The van der Waals surface area contributed by atoms with E-state index in [2.05, 4.69) is 9.84 Å². The topological polar surface area (TPSA) is 64.4 Å². The second-order valence-electron chi connectivity index (χ2n) is 5.81. The maximum Gasteiger partial charge on any atom is 0.307 e. The highest BCUT2D eigenvalue weighted by molar-refractivity contribution is 5.95. The molecule has 0 bridgehead atoms. The molecule has 1 heterocycles. The lowest BCUT2D eigenvalue weighted by Gasteiger charge is -2.26. The van der Waals surface area contributed by atoms with E-state index in [9.17, 15) is 9.59 Å². The summed E-state index contributed by atoms with van der Waals surface area (Å²) in [7, 11) is 1.35. The Balaban J connectivity index is 2.24. The minimum atomic E-state index is -0.329. The molecule has 0 saturated carbocycles. The van der Waals surface area contributed by atoms with Gasteiger partial charge in [0.15, 0.2) is 0 Å². The number of carbonyl (C=O) groups is 2. The van der Waals surface area contributed by atoms with Crippen molar-refractivity contribution in [2.45, 2.75) is 33.2 Å². The molecule has 0 N–H and O–H groups in total.